The number of hydrogen-bond acceptors (Lipinski definition) is 1. The molecule has 0 radical (unpaired) electrons. The van der Waals surface area contributed by atoms with Crippen LogP contribution in [0.3, 0.4) is 0 Å². The first-order valence-corrected chi connectivity index (χ1v) is 8.37. The van der Waals surface area contributed by atoms with E-state index in [-0.39, 0.29) is 4.90 Å². The molecule has 0 unspecified atom stereocenters. The van der Waals surface area contributed by atoms with E-state index < -0.39 is 87.4 Å². The van der Waals surface area contributed by atoms with E-state index in [0.29, 0.717) is 0 Å². The Hall–Kier alpha value is -3.57. The summed E-state index contributed by atoms with van der Waals surface area (Å²) in [5.74, 6) is -26.6. The number of benzene rings is 3. The topological polar surface area (TPSA) is 20.3 Å². The lowest BCUT2D eigenvalue weighted by Gasteiger charge is -2.25. The molecule has 0 aliphatic rings. The van der Waals surface area contributed by atoms with Crippen molar-refractivity contribution in [2.75, 3.05) is 4.90 Å². The van der Waals surface area contributed by atoms with Gasteiger partial charge in [0.2, 0.25) is 11.6 Å². The molecule has 0 saturated heterocycles. The number of anilines is 1. The zero-order chi connectivity index (χ0) is 23.9. The quantitative estimate of drug-likeness (QED) is 0.265. The SMILES string of the molecule is O=C(c1ccccc1)N(Cc1c(F)c(F)c(F)c(F)c1F)c1c(F)c(F)c(F)c(F)c1F. The van der Waals surface area contributed by atoms with Crippen LogP contribution in [0.2, 0.25) is 0 Å². The van der Waals surface area contributed by atoms with Crippen LogP contribution in [0.25, 0.3) is 0 Å². The molecule has 168 valence electrons. The zero-order valence-electron chi connectivity index (χ0n) is 15.2. The zero-order valence-corrected chi connectivity index (χ0v) is 15.2. The molecule has 32 heavy (non-hydrogen) atoms. The Balaban J connectivity index is 2.30. The Kier molecular flexibility index (Phi) is 6.15. The minimum Gasteiger partial charge on any atom is -0.298 e. The summed E-state index contributed by atoms with van der Waals surface area (Å²) < 4.78 is 138. The Bertz CT molecular complexity index is 1170. The van der Waals surface area contributed by atoms with Crippen molar-refractivity contribution in [2.45, 2.75) is 6.54 Å². The Labute approximate surface area is 172 Å². The number of halogens is 10. The van der Waals surface area contributed by atoms with Gasteiger partial charge in [-0.15, -0.1) is 0 Å². The lowest BCUT2D eigenvalue weighted by atomic mass is 10.1. The standard InChI is InChI=1S/C20H7F10NO/c21-9-8(10(22)12(24)13(25)11(9)23)6-31(20(32)7-4-2-1-3-5-7)19-17(29)15(27)14(26)16(28)18(19)30/h1-5H,6H2. The summed E-state index contributed by atoms with van der Waals surface area (Å²) >= 11 is 0. The molecule has 3 aromatic rings. The summed E-state index contributed by atoms with van der Waals surface area (Å²) in [6.07, 6.45) is 0. The predicted octanol–water partition coefficient (Wildman–Crippen LogP) is 5.92. The summed E-state index contributed by atoms with van der Waals surface area (Å²) in [6.45, 7) is -1.77. The Morgan fingerprint density at radius 3 is 1.38 bits per heavy atom. The van der Waals surface area contributed by atoms with Crippen molar-refractivity contribution in [3.05, 3.63) is 99.6 Å². The third kappa shape index (κ3) is 3.65. The number of amides is 1. The molecule has 0 fully saturated rings. The van der Waals surface area contributed by atoms with Crippen LogP contribution in [0.5, 0.6) is 0 Å². The van der Waals surface area contributed by atoms with Gasteiger partial charge >= 0.3 is 0 Å². The van der Waals surface area contributed by atoms with E-state index in [4.69, 9.17) is 0 Å². The van der Waals surface area contributed by atoms with Crippen LogP contribution in [-0.4, -0.2) is 5.91 Å². The van der Waals surface area contributed by atoms with Gasteiger partial charge < -0.3 is 0 Å². The molecule has 0 aliphatic heterocycles. The highest BCUT2D eigenvalue weighted by molar-refractivity contribution is 6.06. The van der Waals surface area contributed by atoms with E-state index in [1.54, 1.807) is 0 Å². The summed E-state index contributed by atoms with van der Waals surface area (Å²) in [5.41, 5.74) is -4.14. The number of hydrogen-bond donors (Lipinski definition) is 0. The predicted molar refractivity (Wildman–Crippen MR) is 89.4 cm³/mol. The minimum absolute atomic E-state index is 0.316. The van der Waals surface area contributed by atoms with Crippen LogP contribution in [0.15, 0.2) is 30.3 Å². The molecule has 0 aliphatic carbocycles. The average molecular weight is 467 g/mol. The second-order valence-corrected chi connectivity index (χ2v) is 6.22. The van der Waals surface area contributed by atoms with Crippen molar-refractivity contribution in [3.63, 3.8) is 0 Å². The van der Waals surface area contributed by atoms with Crippen molar-refractivity contribution in [1.29, 1.82) is 0 Å². The van der Waals surface area contributed by atoms with Gasteiger partial charge in [-0.3, -0.25) is 9.69 Å². The van der Waals surface area contributed by atoms with Gasteiger partial charge in [0.15, 0.2) is 46.5 Å². The molecule has 0 N–H and O–H groups in total. The fourth-order valence-electron chi connectivity index (χ4n) is 2.77. The van der Waals surface area contributed by atoms with E-state index in [0.717, 1.165) is 12.1 Å². The highest BCUT2D eigenvalue weighted by Gasteiger charge is 2.35. The maximum atomic E-state index is 14.3. The van der Waals surface area contributed by atoms with Gasteiger partial charge in [0.05, 0.1) is 6.54 Å². The number of carbonyl (C=O) groups is 1. The van der Waals surface area contributed by atoms with E-state index in [2.05, 4.69) is 0 Å². The smallest absolute Gasteiger partial charge is 0.258 e. The maximum absolute atomic E-state index is 14.3. The Morgan fingerprint density at radius 1 is 0.562 bits per heavy atom. The van der Waals surface area contributed by atoms with Gasteiger partial charge in [-0.25, -0.2) is 43.9 Å². The van der Waals surface area contributed by atoms with Crippen molar-refractivity contribution >= 4 is 11.6 Å². The van der Waals surface area contributed by atoms with Gasteiger partial charge in [0, 0.05) is 11.1 Å². The highest BCUT2D eigenvalue weighted by Crippen LogP contribution is 2.34. The monoisotopic (exact) mass is 467 g/mol. The van der Waals surface area contributed by atoms with Crippen LogP contribution in [0, 0.1) is 58.2 Å². The summed E-state index contributed by atoms with van der Waals surface area (Å²) in [5, 5.41) is 0. The third-order valence-electron chi connectivity index (χ3n) is 4.34. The molecule has 0 saturated carbocycles. The summed E-state index contributed by atoms with van der Waals surface area (Å²) in [6, 6.07) is 5.86. The molecule has 1 amide bonds. The van der Waals surface area contributed by atoms with Crippen molar-refractivity contribution in [2.24, 2.45) is 0 Å². The first kappa shape index (κ1) is 23.1. The molecule has 0 spiro atoms. The first-order chi connectivity index (χ1) is 15.0. The van der Waals surface area contributed by atoms with Crippen molar-refractivity contribution < 1.29 is 48.7 Å². The molecular formula is C20H7F10NO. The lowest BCUT2D eigenvalue weighted by molar-refractivity contribution is 0.0982. The van der Waals surface area contributed by atoms with Crippen LogP contribution < -0.4 is 4.90 Å². The molecular weight excluding hydrogens is 460 g/mol. The van der Waals surface area contributed by atoms with Crippen molar-refractivity contribution in [1.82, 2.24) is 0 Å². The van der Waals surface area contributed by atoms with E-state index >= 15 is 0 Å². The largest absolute Gasteiger partial charge is 0.298 e. The van der Waals surface area contributed by atoms with E-state index in [1.165, 1.54) is 18.2 Å². The molecule has 0 heterocycles. The van der Waals surface area contributed by atoms with Gasteiger partial charge in [-0.05, 0) is 12.1 Å². The lowest BCUT2D eigenvalue weighted by Crippen LogP contribution is -2.34. The molecule has 0 bridgehead atoms. The van der Waals surface area contributed by atoms with Gasteiger partial charge in [0.25, 0.3) is 5.91 Å². The third-order valence-corrected chi connectivity index (χ3v) is 4.34. The number of rotatable bonds is 4. The van der Waals surface area contributed by atoms with Gasteiger partial charge in [0.1, 0.15) is 5.69 Å². The van der Waals surface area contributed by atoms with Crippen LogP contribution >= 0.6 is 0 Å². The molecule has 3 aromatic carbocycles. The fraction of sp³-hybridized carbons (Fsp3) is 0.0500. The molecule has 12 heteroatoms. The molecule has 2 nitrogen and oxygen atoms in total. The van der Waals surface area contributed by atoms with Gasteiger partial charge in [-0.2, -0.15) is 0 Å². The van der Waals surface area contributed by atoms with Crippen LogP contribution in [-0.2, 0) is 6.54 Å². The second kappa shape index (κ2) is 8.52. The highest BCUT2D eigenvalue weighted by atomic mass is 19.2. The first-order valence-electron chi connectivity index (χ1n) is 8.37. The molecule has 3 rings (SSSR count). The average Bonchev–Trinajstić information content (AvgIpc) is 2.80. The molecule has 0 atom stereocenters. The van der Waals surface area contributed by atoms with Gasteiger partial charge in [-0.1, -0.05) is 18.2 Å². The van der Waals surface area contributed by atoms with Crippen molar-refractivity contribution in [3.8, 4) is 0 Å². The summed E-state index contributed by atoms with van der Waals surface area (Å²) in [7, 11) is 0. The maximum Gasteiger partial charge on any atom is 0.258 e. The van der Waals surface area contributed by atoms with E-state index in [1.807, 2.05) is 0 Å². The second-order valence-electron chi connectivity index (χ2n) is 6.22. The van der Waals surface area contributed by atoms with Crippen LogP contribution in [0.4, 0.5) is 49.6 Å². The van der Waals surface area contributed by atoms with E-state index in [9.17, 15) is 48.7 Å². The summed E-state index contributed by atoms with van der Waals surface area (Å²) in [4.78, 5) is 12.5. The number of nitrogens with zero attached hydrogens (tertiary/aromatic N) is 1. The normalized spacial score (nSPS) is 11.1. The van der Waals surface area contributed by atoms with Crippen LogP contribution in [0.1, 0.15) is 15.9 Å². The Morgan fingerprint density at radius 2 is 0.938 bits per heavy atom. The number of carbonyl (C=O) groups excluding carboxylic acids is 1. The fourth-order valence-corrected chi connectivity index (χ4v) is 2.77. The molecule has 0 aromatic heterocycles. The minimum atomic E-state index is -2.59.